The average Bonchev–Trinajstić information content (AvgIpc) is 3.13. The Kier molecular flexibility index (Phi) is 167. The smallest absolute Gasteiger partial charge is 0 e. The minimum absolute atomic E-state index is 0. The van der Waals surface area contributed by atoms with Gasteiger partial charge in [-0.05, 0) is 12.8 Å². The summed E-state index contributed by atoms with van der Waals surface area (Å²) in [7, 11) is 1.72. The molecule has 1 saturated heterocycles. The van der Waals surface area contributed by atoms with E-state index in [-0.39, 0.29) is 33.6 Å². The first kappa shape index (κ1) is 49.5. The molecule has 0 saturated carbocycles. The third kappa shape index (κ3) is 42.8. The van der Waals surface area contributed by atoms with Crippen LogP contribution in [0.4, 0.5) is 0 Å². The number of hydrogen-bond acceptors (Lipinski definition) is 2. The Hall–Kier alpha value is -1.23. The van der Waals surface area contributed by atoms with Gasteiger partial charge in [0.15, 0.2) is 0 Å². The number of ether oxygens (including phenoxy) is 1. The first-order valence-electron chi connectivity index (χ1n) is 4.82. The minimum Gasteiger partial charge on any atom is 0 e. The third-order valence-electron chi connectivity index (χ3n) is 1.90. The molecule has 0 aromatic heterocycles. The molecule has 1 aliphatic heterocycles. The number of nitrogens with zero attached hydrogens (tertiary/aromatic N) is 1. The van der Waals surface area contributed by atoms with Crippen molar-refractivity contribution in [2.24, 2.45) is 0 Å². The van der Waals surface area contributed by atoms with E-state index in [9.17, 15) is 0 Å². The quantitative estimate of drug-likeness (QED) is 0.361. The summed E-state index contributed by atoms with van der Waals surface area (Å²) in [6.45, 7) is 28.8. The number of terminal acetylenes is 1. The first-order valence-corrected chi connectivity index (χ1v) is 4.82. The van der Waals surface area contributed by atoms with Crippen molar-refractivity contribution in [3.63, 3.8) is 0 Å². The Bertz CT molecular complexity index is 310. The van der Waals surface area contributed by atoms with Gasteiger partial charge in [-0.1, -0.05) is 6.42 Å². The third-order valence-corrected chi connectivity index (χ3v) is 1.90. The van der Waals surface area contributed by atoms with Crippen molar-refractivity contribution < 1.29 is 66.2 Å². The second-order valence-electron chi connectivity index (χ2n) is 2.57. The normalized spacial score (nSPS) is 10.8. The van der Waals surface area contributed by atoms with Crippen LogP contribution in [0.5, 0.6) is 0 Å². The van der Waals surface area contributed by atoms with Crippen molar-refractivity contribution in [3.8, 4) is 12.5 Å². The molecular formula is C14H13Co2NO7. The van der Waals surface area contributed by atoms with Crippen molar-refractivity contribution in [2.45, 2.75) is 18.9 Å². The van der Waals surface area contributed by atoms with Crippen LogP contribution in [0.1, 0.15) is 12.8 Å². The number of methoxy groups -OCH3 is 1. The average molecular weight is 425 g/mol. The summed E-state index contributed by atoms with van der Waals surface area (Å²) >= 11 is 0. The molecule has 0 amide bonds. The van der Waals surface area contributed by atoms with Crippen molar-refractivity contribution in [1.82, 2.24) is 4.90 Å². The fourth-order valence-corrected chi connectivity index (χ4v) is 1.37. The monoisotopic (exact) mass is 425 g/mol. The molecule has 0 unspecified atom stereocenters. The molecule has 10 heteroatoms. The molecule has 134 valence electrons. The zero-order valence-corrected chi connectivity index (χ0v) is 14.5. The van der Waals surface area contributed by atoms with E-state index in [1.165, 1.54) is 12.8 Å². The Labute approximate surface area is 162 Å². The van der Waals surface area contributed by atoms with E-state index >= 15 is 0 Å². The summed E-state index contributed by atoms with van der Waals surface area (Å²) in [5.74, 6) is 0. The molecule has 24 heavy (non-hydrogen) atoms. The molecule has 0 aromatic rings. The Morgan fingerprint density at radius 2 is 1.25 bits per heavy atom. The van der Waals surface area contributed by atoms with Crippen molar-refractivity contribution in [1.29, 1.82) is 0 Å². The molecule has 0 aliphatic carbocycles. The van der Waals surface area contributed by atoms with Crippen LogP contribution in [-0.4, -0.2) is 31.2 Å². The van der Waals surface area contributed by atoms with Crippen LogP contribution in [-0.2, 0) is 66.2 Å². The van der Waals surface area contributed by atoms with Gasteiger partial charge in [0.25, 0.3) is 0 Å². The Morgan fingerprint density at radius 3 is 1.50 bits per heavy atom. The fraction of sp³-hybridized carbons (Fsp3) is 0.429. The molecule has 1 fully saturated rings. The predicted molar refractivity (Wildman–Crippen MR) is 64.0 cm³/mol. The summed E-state index contributed by atoms with van der Waals surface area (Å²) in [5, 5.41) is 0. The van der Waals surface area contributed by atoms with Crippen LogP contribution in [0.3, 0.4) is 0 Å². The van der Waals surface area contributed by atoms with Gasteiger partial charge in [0.2, 0.25) is 0 Å². The van der Waals surface area contributed by atoms with Crippen LogP contribution < -0.4 is 0 Å². The Balaban J connectivity index is -0.0000000263. The van der Waals surface area contributed by atoms with Gasteiger partial charge in [-0.3, -0.25) is 0 Å². The number of rotatable bonds is 2. The van der Waals surface area contributed by atoms with Gasteiger partial charge >= 0.3 is 67.8 Å². The first-order chi connectivity index (χ1) is 10.9. The SMILES string of the molecule is C#CN1CCC[C@H]1COC.[C-]#[O+].[C-]#[O+].[C-]#[O+].[C-]#[O+].[C-]#[O+].[C-]#[O+].[Co].[Co]. The standard InChI is InChI=1S/C8H13NO.6CO.2Co/c1-3-9-6-4-5-8(9)7-10-2;6*1-2;;/h1,8H,4-7H2,2H3;;;;;;;;/t8-;;;;;;;;/m0......../s1. The van der Waals surface area contributed by atoms with E-state index in [1.807, 2.05) is 4.90 Å². The number of hydrogen-bond donors (Lipinski definition) is 0. The van der Waals surface area contributed by atoms with Gasteiger partial charge in [-0.15, -0.1) is 0 Å². The molecule has 1 heterocycles. The molecule has 1 rings (SSSR count). The Morgan fingerprint density at radius 1 is 0.917 bits per heavy atom. The second kappa shape index (κ2) is 81.0. The van der Waals surface area contributed by atoms with Gasteiger partial charge in [-0.25, -0.2) is 0 Å². The van der Waals surface area contributed by atoms with Gasteiger partial charge < -0.3 is 9.64 Å². The van der Waals surface area contributed by atoms with Gasteiger partial charge in [0.05, 0.1) is 12.6 Å². The van der Waals surface area contributed by atoms with E-state index in [2.05, 4.69) is 45.9 Å². The maximum absolute atomic E-state index is 7.50. The molecule has 0 aromatic carbocycles. The van der Waals surface area contributed by atoms with E-state index in [4.69, 9.17) is 39.1 Å². The van der Waals surface area contributed by atoms with Crippen LogP contribution in [0.25, 0.3) is 0 Å². The molecule has 0 N–H and O–H groups in total. The van der Waals surface area contributed by atoms with E-state index < -0.39 is 0 Å². The van der Waals surface area contributed by atoms with E-state index in [0.29, 0.717) is 6.04 Å². The maximum atomic E-state index is 7.50. The fourth-order valence-electron chi connectivity index (χ4n) is 1.37. The minimum atomic E-state index is 0. The van der Waals surface area contributed by atoms with Crippen LogP contribution in [0.2, 0.25) is 0 Å². The van der Waals surface area contributed by atoms with Crippen molar-refractivity contribution in [2.75, 3.05) is 20.3 Å². The summed E-state index contributed by atoms with van der Waals surface area (Å²) < 4.78 is 50.0. The molecule has 1 atom stereocenters. The van der Waals surface area contributed by atoms with Crippen molar-refractivity contribution >= 4 is 0 Å². The zero-order chi connectivity index (χ0) is 19.4. The molecule has 0 spiro atoms. The van der Waals surface area contributed by atoms with Gasteiger partial charge in [0.1, 0.15) is 0 Å². The predicted octanol–water partition coefficient (Wildman–Crippen LogP) is 0.458. The summed E-state index contributed by atoms with van der Waals surface area (Å²) in [5.41, 5.74) is 0. The van der Waals surface area contributed by atoms with Crippen LogP contribution in [0.15, 0.2) is 0 Å². The van der Waals surface area contributed by atoms with E-state index in [0.717, 1.165) is 13.2 Å². The van der Waals surface area contributed by atoms with Gasteiger partial charge in [-0.2, -0.15) is 0 Å². The molecule has 1 aliphatic rings. The molecule has 0 bridgehead atoms. The summed E-state index contributed by atoms with van der Waals surface area (Å²) in [6, 6.07) is 3.12. The summed E-state index contributed by atoms with van der Waals surface area (Å²) in [4.78, 5) is 2.02. The molecular weight excluding hydrogens is 412 g/mol. The maximum Gasteiger partial charge on any atom is 0 e. The molecule has 8 nitrogen and oxygen atoms in total. The van der Waals surface area contributed by atoms with Crippen LogP contribution >= 0.6 is 0 Å². The second-order valence-corrected chi connectivity index (χ2v) is 2.57. The van der Waals surface area contributed by atoms with Crippen LogP contribution in [0, 0.1) is 52.4 Å². The zero-order valence-electron chi connectivity index (χ0n) is 12.5. The van der Waals surface area contributed by atoms with Gasteiger partial charge in [0, 0.05) is 53.3 Å². The topological polar surface area (TPSA) is 132 Å². The van der Waals surface area contributed by atoms with E-state index in [1.54, 1.807) is 7.11 Å². The summed E-state index contributed by atoms with van der Waals surface area (Å²) in [6.07, 6.45) is 7.66. The molecule has 2 radical (unpaired) electrons. The largest absolute Gasteiger partial charge is 0 e. The van der Waals surface area contributed by atoms with Crippen molar-refractivity contribution in [3.05, 3.63) is 39.9 Å². The number of likely N-dealkylation sites (tertiary alicyclic amines) is 1.